The van der Waals surface area contributed by atoms with Crippen molar-refractivity contribution in [1.29, 1.82) is 0 Å². The van der Waals surface area contributed by atoms with Crippen molar-refractivity contribution in [2.75, 3.05) is 25.0 Å². The molecule has 0 aromatic heterocycles. The van der Waals surface area contributed by atoms with Crippen LogP contribution in [0.15, 0.2) is 18.2 Å². The molecular weight excluding hydrogens is 259 g/mol. The van der Waals surface area contributed by atoms with Gasteiger partial charge in [0.25, 0.3) is 5.91 Å². The van der Waals surface area contributed by atoms with Crippen molar-refractivity contribution in [2.24, 2.45) is 0 Å². The molecule has 1 amide bonds. The number of carbonyl (C=O) groups excluding carboxylic acids is 1. The van der Waals surface area contributed by atoms with E-state index in [4.69, 9.17) is 4.74 Å². The molecule has 18 heavy (non-hydrogen) atoms. The molecule has 1 saturated heterocycles. The standard InChI is InChI=1S/C12H15FN2O2.ClH/c1-8-2-3-10(9(13)6-8)15-12(16)11-7-14-4-5-17-11;/h2-3,6,11,14H,4-5,7H2,1H3,(H,15,16);1H. The van der Waals surface area contributed by atoms with Crippen molar-refractivity contribution in [3.05, 3.63) is 29.6 Å². The molecule has 2 N–H and O–H groups in total. The highest BCUT2D eigenvalue weighted by atomic mass is 35.5. The first-order valence-electron chi connectivity index (χ1n) is 5.56. The molecule has 2 rings (SSSR count). The van der Waals surface area contributed by atoms with Gasteiger partial charge in [-0.15, -0.1) is 12.4 Å². The molecule has 0 radical (unpaired) electrons. The number of carbonyl (C=O) groups is 1. The zero-order valence-electron chi connectivity index (χ0n) is 10.0. The van der Waals surface area contributed by atoms with Crippen LogP contribution in [0, 0.1) is 12.7 Å². The smallest absolute Gasteiger partial charge is 0.254 e. The Morgan fingerprint density at radius 2 is 2.33 bits per heavy atom. The molecule has 1 fully saturated rings. The van der Waals surface area contributed by atoms with Gasteiger partial charge in [0, 0.05) is 13.1 Å². The Bertz CT molecular complexity index is 423. The fraction of sp³-hybridized carbons (Fsp3) is 0.417. The van der Waals surface area contributed by atoms with Crippen molar-refractivity contribution >= 4 is 24.0 Å². The summed E-state index contributed by atoms with van der Waals surface area (Å²) in [6.07, 6.45) is -0.551. The monoisotopic (exact) mass is 274 g/mol. The number of amides is 1. The minimum atomic E-state index is -0.551. The van der Waals surface area contributed by atoms with Crippen LogP contribution in [0.4, 0.5) is 10.1 Å². The molecule has 1 atom stereocenters. The Morgan fingerprint density at radius 1 is 1.56 bits per heavy atom. The van der Waals surface area contributed by atoms with E-state index >= 15 is 0 Å². The van der Waals surface area contributed by atoms with Gasteiger partial charge in [0.05, 0.1) is 12.3 Å². The first-order valence-corrected chi connectivity index (χ1v) is 5.56. The summed E-state index contributed by atoms with van der Waals surface area (Å²) in [6, 6.07) is 4.69. The molecule has 100 valence electrons. The van der Waals surface area contributed by atoms with Gasteiger partial charge in [-0.1, -0.05) is 6.07 Å². The number of aryl methyl sites for hydroxylation is 1. The minimum Gasteiger partial charge on any atom is -0.366 e. The van der Waals surface area contributed by atoms with Gasteiger partial charge < -0.3 is 15.4 Å². The van der Waals surface area contributed by atoms with Crippen LogP contribution in [0.1, 0.15) is 5.56 Å². The highest BCUT2D eigenvalue weighted by Crippen LogP contribution is 2.15. The fourth-order valence-electron chi connectivity index (χ4n) is 1.67. The summed E-state index contributed by atoms with van der Waals surface area (Å²) in [5, 5.41) is 5.57. The van der Waals surface area contributed by atoms with Gasteiger partial charge >= 0.3 is 0 Å². The Balaban J connectivity index is 0.00000162. The molecule has 1 unspecified atom stereocenters. The number of halogens is 2. The van der Waals surface area contributed by atoms with Crippen LogP contribution in [0.3, 0.4) is 0 Å². The van der Waals surface area contributed by atoms with Crippen LogP contribution in [0.25, 0.3) is 0 Å². The summed E-state index contributed by atoms with van der Waals surface area (Å²) in [5.41, 5.74) is 1.01. The number of morpholine rings is 1. The number of nitrogens with one attached hydrogen (secondary N) is 2. The predicted octanol–water partition coefficient (Wildman–Crippen LogP) is 1.48. The summed E-state index contributed by atoms with van der Waals surface area (Å²) in [5.74, 6) is -0.748. The van der Waals surface area contributed by atoms with E-state index in [9.17, 15) is 9.18 Å². The molecule has 1 aromatic carbocycles. The highest BCUT2D eigenvalue weighted by Gasteiger charge is 2.22. The van der Waals surface area contributed by atoms with Crippen molar-refractivity contribution in [1.82, 2.24) is 5.32 Å². The summed E-state index contributed by atoms with van der Waals surface area (Å²) >= 11 is 0. The van der Waals surface area contributed by atoms with Gasteiger partial charge in [-0.2, -0.15) is 0 Å². The Morgan fingerprint density at radius 3 is 2.94 bits per heavy atom. The van der Waals surface area contributed by atoms with E-state index in [1.807, 2.05) is 0 Å². The van der Waals surface area contributed by atoms with Gasteiger partial charge in [0.15, 0.2) is 0 Å². The Labute approximate surface area is 111 Å². The minimum absolute atomic E-state index is 0. The van der Waals surface area contributed by atoms with Crippen molar-refractivity contribution in [3.8, 4) is 0 Å². The van der Waals surface area contributed by atoms with Gasteiger partial charge in [0.2, 0.25) is 0 Å². The van der Waals surface area contributed by atoms with Crippen LogP contribution in [0.2, 0.25) is 0 Å². The second kappa shape index (κ2) is 6.68. The van der Waals surface area contributed by atoms with Crippen molar-refractivity contribution in [3.63, 3.8) is 0 Å². The lowest BCUT2D eigenvalue weighted by molar-refractivity contribution is -0.128. The second-order valence-corrected chi connectivity index (χ2v) is 4.04. The van der Waals surface area contributed by atoms with Gasteiger partial charge in [-0.25, -0.2) is 4.39 Å². The molecule has 1 aliphatic heterocycles. The molecule has 1 heterocycles. The third-order valence-electron chi connectivity index (χ3n) is 2.60. The average molecular weight is 275 g/mol. The number of benzene rings is 1. The molecule has 4 nitrogen and oxygen atoms in total. The van der Waals surface area contributed by atoms with E-state index in [2.05, 4.69) is 10.6 Å². The van der Waals surface area contributed by atoms with E-state index in [-0.39, 0.29) is 24.0 Å². The van der Waals surface area contributed by atoms with Crippen LogP contribution < -0.4 is 10.6 Å². The second-order valence-electron chi connectivity index (χ2n) is 4.04. The number of ether oxygens (including phenoxy) is 1. The maximum Gasteiger partial charge on any atom is 0.254 e. The first-order chi connectivity index (χ1) is 8.16. The molecule has 1 aromatic rings. The van der Waals surface area contributed by atoms with Gasteiger partial charge in [0.1, 0.15) is 11.9 Å². The van der Waals surface area contributed by atoms with E-state index in [1.165, 1.54) is 6.07 Å². The Hall–Kier alpha value is -1.17. The van der Waals surface area contributed by atoms with Crippen LogP contribution in [-0.4, -0.2) is 31.7 Å². The molecule has 0 spiro atoms. The number of rotatable bonds is 2. The van der Waals surface area contributed by atoms with Gasteiger partial charge in [-0.05, 0) is 24.6 Å². The van der Waals surface area contributed by atoms with Crippen molar-refractivity contribution in [2.45, 2.75) is 13.0 Å². The summed E-state index contributed by atoms with van der Waals surface area (Å²) in [4.78, 5) is 11.8. The quantitative estimate of drug-likeness (QED) is 0.859. The van der Waals surface area contributed by atoms with E-state index in [0.717, 1.165) is 12.1 Å². The lowest BCUT2D eigenvalue weighted by Crippen LogP contribution is -2.45. The number of anilines is 1. The highest BCUT2D eigenvalue weighted by molar-refractivity contribution is 5.94. The summed E-state index contributed by atoms with van der Waals surface area (Å²) in [6.45, 7) is 3.49. The topological polar surface area (TPSA) is 50.4 Å². The average Bonchev–Trinajstić information content (AvgIpc) is 2.34. The Kier molecular flexibility index (Phi) is 5.53. The third kappa shape index (κ3) is 3.66. The number of hydrogen-bond donors (Lipinski definition) is 2. The van der Waals surface area contributed by atoms with E-state index in [1.54, 1.807) is 19.1 Å². The largest absolute Gasteiger partial charge is 0.366 e. The van der Waals surface area contributed by atoms with Gasteiger partial charge in [-0.3, -0.25) is 4.79 Å². The zero-order chi connectivity index (χ0) is 12.3. The van der Waals surface area contributed by atoms with E-state index < -0.39 is 11.9 Å². The number of hydrogen-bond acceptors (Lipinski definition) is 3. The third-order valence-corrected chi connectivity index (χ3v) is 2.60. The maximum atomic E-state index is 13.5. The lowest BCUT2D eigenvalue weighted by atomic mass is 10.2. The molecular formula is C12H16ClFN2O2. The first kappa shape index (κ1) is 14.9. The van der Waals surface area contributed by atoms with Crippen LogP contribution >= 0.6 is 12.4 Å². The van der Waals surface area contributed by atoms with Crippen LogP contribution in [0.5, 0.6) is 0 Å². The molecule has 0 aliphatic carbocycles. The molecule has 6 heteroatoms. The molecule has 0 saturated carbocycles. The molecule has 0 bridgehead atoms. The lowest BCUT2D eigenvalue weighted by Gasteiger charge is -2.22. The summed E-state index contributed by atoms with van der Waals surface area (Å²) in [7, 11) is 0. The van der Waals surface area contributed by atoms with Crippen molar-refractivity contribution < 1.29 is 13.9 Å². The predicted molar refractivity (Wildman–Crippen MR) is 69.6 cm³/mol. The van der Waals surface area contributed by atoms with Crippen LogP contribution in [-0.2, 0) is 9.53 Å². The summed E-state index contributed by atoms with van der Waals surface area (Å²) < 4.78 is 18.8. The maximum absolute atomic E-state index is 13.5. The SMILES string of the molecule is Cc1ccc(NC(=O)C2CNCCO2)c(F)c1.Cl. The normalized spacial score (nSPS) is 18.9. The van der Waals surface area contributed by atoms with E-state index in [0.29, 0.717) is 13.2 Å². The fourth-order valence-corrected chi connectivity index (χ4v) is 1.67. The zero-order valence-corrected chi connectivity index (χ0v) is 10.8. The molecule has 1 aliphatic rings.